The Balaban J connectivity index is 1.50. The molecule has 0 saturated carbocycles. The van der Waals surface area contributed by atoms with E-state index in [1.165, 1.54) is 12.1 Å². The number of hydrogen-bond donors (Lipinski definition) is 0. The maximum absolute atomic E-state index is 14.9. The summed E-state index contributed by atoms with van der Waals surface area (Å²) in [5.41, 5.74) is 2.70. The van der Waals surface area contributed by atoms with Gasteiger partial charge in [-0.1, -0.05) is 48.6 Å². The van der Waals surface area contributed by atoms with Crippen LogP contribution in [0.1, 0.15) is 37.7 Å². The second-order valence-corrected chi connectivity index (χ2v) is 9.15. The van der Waals surface area contributed by atoms with Gasteiger partial charge in [0.15, 0.2) is 11.6 Å². The maximum Gasteiger partial charge on any atom is 0.201 e. The van der Waals surface area contributed by atoms with E-state index in [0.717, 1.165) is 18.4 Å². The topological polar surface area (TPSA) is 18.5 Å². The van der Waals surface area contributed by atoms with E-state index in [0.29, 0.717) is 29.7 Å². The third-order valence-corrected chi connectivity index (χ3v) is 6.63. The zero-order valence-corrected chi connectivity index (χ0v) is 20.2. The quantitative estimate of drug-likeness (QED) is 0.193. The van der Waals surface area contributed by atoms with Gasteiger partial charge in [-0.15, -0.1) is 9.24 Å². The van der Waals surface area contributed by atoms with Crippen molar-refractivity contribution in [3.05, 3.63) is 89.8 Å². The summed E-state index contributed by atoms with van der Waals surface area (Å²) in [5.74, 6) is -2.03. The van der Waals surface area contributed by atoms with Gasteiger partial charge in [-0.05, 0) is 61.1 Å². The first-order chi connectivity index (χ1) is 16.5. The van der Waals surface area contributed by atoms with Gasteiger partial charge < -0.3 is 9.47 Å². The van der Waals surface area contributed by atoms with E-state index in [2.05, 4.69) is 9.24 Å². The molecule has 0 amide bonds. The molecule has 1 aliphatic heterocycles. The first-order valence-electron chi connectivity index (χ1n) is 11.5. The summed E-state index contributed by atoms with van der Waals surface area (Å²) in [4.78, 5) is 0. The number of ether oxygens (including phenoxy) is 2. The standard InChI is InChI=1S/C28H28F3O2P/c1-2-3-4-15-32-25-13-12-23(27(30)28(25)31)19-7-5-18(6-8-19)22-11-9-20(16-24(22)29)21-10-14-26(34)33-17-21/h2-3,5-9,11-13,16,21,26H,4,10,14-15,17,34H2,1H3/b3-2-. The molecule has 3 aromatic carbocycles. The van der Waals surface area contributed by atoms with Gasteiger partial charge >= 0.3 is 0 Å². The van der Waals surface area contributed by atoms with Crippen LogP contribution in [-0.4, -0.2) is 19.1 Å². The van der Waals surface area contributed by atoms with E-state index >= 15 is 0 Å². The van der Waals surface area contributed by atoms with Crippen molar-refractivity contribution in [2.45, 2.75) is 37.9 Å². The minimum absolute atomic E-state index is 0.110. The fourth-order valence-electron chi connectivity index (χ4n) is 4.15. The molecule has 0 spiro atoms. The van der Waals surface area contributed by atoms with Crippen LogP contribution in [0.15, 0.2) is 66.7 Å². The summed E-state index contributed by atoms with van der Waals surface area (Å²) in [6.07, 6.45) is 6.28. The molecule has 0 aromatic heterocycles. The molecule has 3 aromatic rings. The summed E-state index contributed by atoms with van der Waals surface area (Å²) < 4.78 is 55.2. The lowest BCUT2D eigenvalue weighted by molar-refractivity contribution is 0.0569. The number of halogens is 3. The van der Waals surface area contributed by atoms with Crippen molar-refractivity contribution in [2.24, 2.45) is 0 Å². The van der Waals surface area contributed by atoms with Crippen LogP contribution in [0.4, 0.5) is 13.2 Å². The van der Waals surface area contributed by atoms with E-state index in [9.17, 15) is 13.2 Å². The van der Waals surface area contributed by atoms with Crippen molar-refractivity contribution in [3.8, 4) is 28.0 Å². The first kappa shape index (κ1) is 24.5. The molecule has 0 bridgehead atoms. The average Bonchev–Trinajstić information content (AvgIpc) is 2.85. The summed E-state index contributed by atoms with van der Waals surface area (Å²) in [6.45, 7) is 2.74. The third kappa shape index (κ3) is 5.54. The Bertz CT molecular complexity index is 1150. The van der Waals surface area contributed by atoms with Crippen LogP contribution in [-0.2, 0) is 4.74 Å². The molecule has 1 fully saturated rings. The zero-order valence-electron chi connectivity index (χ0n) is 19.1. The summed E-state index contributed by atoms with van der Waals surface area (Å²) in [5, 5.41) is 0. The molecule has 0 aliphatic carbocycles. The predicted molar refractivity (Wildman–Crippen MR) is 134 cm³/mol. The predicted octanol–water partition coefficient (Wildman–Crippen LogP) is 7.88. The van der Waals surface area contributed by atoms with Gasteiger partial charge in [0, 0.05) is 17.0 Å². The van der Waals surface area contributed by atoms with Crippen LogP contribution in [0.2, 0.25) is 0 Å². The Labute approximate surface area is 201 Å². The highest BCUT2D eigenvalue weighted by Gasteiger charge is 2.21. The van der Waals surface area contributed by atoms with Gasteiger partial charge in [0.2, 0.25) is 5.82 Å². The van der Waals surface area contributed by atoms with Gasteiger partial charge in [-0.2, -0.15) is 4.39 Å². The molecule has 34 heavy (non-hydrogen) atoms. The highest BCUT2D eigenvalue weighted by atomic mass is 31.0. The molecule has 6 heteroatoms. The number of allylic oxidation sites excluding steroid dienone is 1. The third-order valence-electron chi connectivity index (χ3n) is 6.11. The molecule has 1 saturated heterocycles. The molecule has 3 unspecified atom stereocenters. The molecule has 178 valence electrons. The minimum atomic E-state index is -1.01. The number of benzene rings is 3. The minimum Gasteiger partial charge on any atom is -0.490 e. The Morgan fingerprint density at radius 2 is 1.65 bits per heavy atom. The fraction of sp³-hybridized carbons (Fsp3) is 0.286. The van der Waals surface area contributed by atoms with Crippen LogP contribution >= 0.6 is 9.24 Å². The molecule has 2 nitrogen and oxygen atoms in total. The smallest absolute Gasteiger partial charge is 0.201 e. The Morgan fingerprint density at radius 1 is 0.941 bits per heavy atom. The average molecular weight is 484 g/mol. The van der Waals surface area contributed by atoms with Gasteiger partial charge in [-0.3, -0.25) is 0 Å². The summed E-state index contributed by atoms with van der Waals surface area (Å²) in [7, 11) is 2.67. The van der Waals surface area contributed by atoms with Crippen LogP contribution < -0.4 is 4.74 Å². The monoisotopic (exact) mass is 484 g/mol. The molecular formula is C28H28F3O2P. The van der Waals surface area contributed by atoms with Crippen molar-refractivity contribution in [3.63, 3.8) is 0 Å². The van der Waals surface area contributed by atoms with E-state index in [4.69, 9.17) is 9.47 Å². The van der Waals surface area contributed by atoms with Crippen LogP contribution in [0.5, 0.6) is 5.75 Å². The van der Waals surface area contributed by atoms with Gasteiger partial charge in [-0.25, -0.2) is 8.78 Å². The van der Waals surface area contributed by atoms with Crippen LogP contribution in [0, 0.1) is 17.5 Å². The van der Waals surface area contributed by atoms with Crippen molar-refractivity contribution >= 4 is 9.24 Å². The Kier molecular flexibility index (Phi) is 8.07. The first-order valence-corrected chi connectivity index (χ1v) is 12.1. The molecule has 4 rings (SSSR count). The molecule has 0 N–H and O–H groups in total. The molecule has 1 heterocycles. The van der Waals surface area contributed by atoms with E-state index in [1.54, 1.807) is 36.4 Å². The second-order valence-electron chi connectivity index (χ2n) is 8.41. The Hall–Kier alpha value is -2.62. The lowest BCUT2D eigenvalue weighted by atomic mass is 9.91. The van der Waals surface area contributed by atoms with Gasteiger partial charge in [0.1, 0.15) is 5.82 Å². The lowest BCUT2D eigenvalue weighted by Gasteiger charge is -2.27. The zero-order chi connectivity index (χ0) is 24.1. The summed E-state index contributed by atoms with van der Waals surface area (Å²) in [6, 6.07) is 15.0. The normalized spacial score (nSPS) is 18.4. The molecule has 0 radical (unpaired) electrons. The lowest BCUT2D eigenvalue weighted by Crippen LogP contribution is -2.20. The van der Waals surface area contributed by atoms with E-state index < -0.39 is 11.6 Å². The SMILES string of the molecule is C/C=C\CCOc1ccc(-c2ccc(-c3ccc(C4CCC(P)OC4)cc3F)cc2)c(F)c1F. The van der Waals surface area contributed by atoms with E-state index in [1.807, 2.05) is 25.1 Å². The highest BCUT2D eigenvalue weighted by molar-refractivity contribution is 7.17. The van der Waals surface area contributed by atoms with Crippen molar-refractivity contribution in [1.29, 1.82) is 0 Å². The van der Waals surface area contributed by atoms with Gasteiger partial charge in [0.05, 0.1) is 19.1 Å². The van der Waals surface area contributed by atoms with E-state index in [-0.39, 0.29) is 35.5 Å². The maximum atomic E-state index is 14.9. The Morgan fingerprint density at radius 3 is 2.29 bits per heavy atom. The number of hydrogen-bond acceptors (Lipinski definition) is 2. The molecule has 1 aliphatic rings. The van der Waals surface area contributed by atoms with Crippen LogP contribution in [0.3, 0.4) is 0 Å². The molecule has 3 atom stereocenters. The second kappa shape index (κ2) is 11.2. The van der Waals surface area contributed by atoms with Crippen LogP contribution in [0.25, 0.3) is 22.3 Å². The van der Waals surface area contributed by atoms with Crippen molar-refractivity contribution < 1.29 is 22.6 Å². The molecular weight excluding hydrogens is 456 g/mol. The van der Waals surface area contributed by atoms with Crippen molar-refractivity contribution in [1.82, 2.24) is 0 Å². The fourth-order valence-corrected chi connectivity index (χ4v) is 4.46. The number of rotatable bonds is 7. The van der Waals surface area contributed by atoms with Gasteiger partial charge in [0.25, 0.3) is 0 Å². The highest BCUT2D eigenvalue weighted by Crippen LogP contribution is 2.34. The largest absolute Gasteiger partial charge is 0.490 e. The summed E-state index contributed by atoms with van der Waals surface area (Å²) >= 11 is 0. The van der Waals surface area contributed by atoms with Crippen molar-refractivity contribution in [2.75, 3.05) is 13.2 Å².